The van der Waals surface area contributed by atoms with Crippen LogP contribution in [-0.4, -0.2) is 51.2 Å². The molecule has 2 aliphatic rings. The number of nitrogens with zero attached hydrogens (tertiary/aromatic N) is 2. The Morgan fingerprint density at radius 3 is 1.23 bits per heavy atom. The summed E-state index contributed by atoms with van der Waals surface area (Å²) in [5, 5.41) is 1.01. The molecule has 0 aromatic heterocycles. The van der Waals surface area contributed by atoms with E-state index in [2.05, 4.69) is 56.8 Å². The van der Waals surface area contributed by atoms with Gasteiger partial charge in [0.05, 0.1) is 0 Å². The van der Waals surface area contributed by atoms with Gasteiger partial charge in [0.25, 0.3) is 0 Å². The lowest BCUT2D eigenvalue weighted by molar-refractivity contribution is 0.192. The van der Waals surface area contributed by atoms with Gasteiger partial charge < -0.3 is 9.13 Å². The molecular formula is C18H40N2Si2. The van der Waals surface area contributed by atoms with Gasteiger partial charge in [-0.05, 0) is 30.8 Å². The zero-order valence-corrected chi connectivity index (χ0v) is 18.5. The normalized spacial score (nSPS) is 39.4. The molecule has 6 unspecified atom stereocenters. The van der Waals surface area contributed by atoms with Crippen LogP contribution in [0, 0.1) is 0 Å². The zero-order chi connectivity index (χ0) is 16.4. The van der Waals surface area contributed by atoms with Crippen molar-refractivity contribution in [1.82, 2.24) is 9.13 Å². The van der Waals surface area contributed by atoms with Gasteiger partial charge in [-0.3, -0.25) is 0 Å². The Bertz CT molecular complexity index is 300. The average Bonchev–Trinajstić information content (AvgIpc) is 2.45. The molecule has 2 aliphatic heterocycles. The molecule has 22 heavy (non-hydrogen) atoms. The summed E-state index contributed by atoms with van der Waals surface area (Å²) >= 11 is 0. The Morgan fingerprint density at radius 1 is 0.682 bits per heavy atom. The summed E-state index contributed by atoms with van der Waals surface area (Å²) in [7, 11) is -1.65. The Kier molecular flexibility index (Phi) is 6.76. The molecule has 0 spiro atoms. The summed E-state index contributed by atoms with van der Waals surface area (Å²) in [6.45, 7) is 17.9. The minimum atomic E-state index is -0.823. The SMILES string of the molecule is CC1CCCC(C)N1[SiH](C)C(C)[SiH](C)N1C(C)CCCC1C. The van der Waals surface area contributed by atoms with Gasteiger partial charge >= 0.3 is 0 Å². The molecular weight excluding hydrogens is 300 g/mol. The summed E-state index contributed by atoms with van der Waals surface area (Å²) in [6, 6.07) is 3.35. The quantitative estimate of drug-likeness (QED) is 0.709. The highest BCUT2D eigenvalue weighted by molar-refractivity contribution is 6.76. The molecule has 0 bridgehead atoms. The predicted octanol–water partition coefficient (Wildman–Crippen LogP) is 4.15. The van der Waals surface area contributed by atoms with Crippen LogP contribution in [0.4, 0.5) is 0 Å². The van der Waals surface area contributed by atoms with E-state index in [0.29, 0.717) is 0 Å². The van der Waals surface area contributed by atoms with Crippen LogP contribution < -0.4 is 0 Å². The van der Waals surface area contributed by atoms with Crippen molar-refractivity contribution in [2.75, 3.05) is 0 Å². The van der Waals surface area contributed by atoms with Crippen molar-refractivity contribution in [2.45, 2.75) is 116 Å². The first-order chi connectivity index (χ1) is 10.3. The van der Waals surface area contributed by atoms with E-state index >= 15 is 0 Å². The Balaban J connectivity index is 2.06. The first kappa shape index (κ1) is 18.7. The van der Waals surface area contributed by atoms with Gasteiger partial charge in [0, 0.05) is 24.2 Å². The Hall–Kier alpha value is 0.354. The highest BCUT2D eigenvalue weighted by Crippen LogP contribution is 2.32. The van der Waals surface area contributed by atoms with Crippen LogP contribution in [-0.2, 0) is 0 Å². The van der Waals surface area contributed by atoms with Crippen molar-refractivity contribution in [3.63, 3.8) is 0 Å². The molecule has 0 aromatic rings. The zero-order valence-electron chi connectivity index (χ0n) is 16.2. The van der Waals surface area contributed by atoms with Crippen LogP contribution >= 0.6 is 0 Å². The van der Waals surface area contributed by atoms with E-state index in [1.54, 1.807) is 0 Å². The molecule has 2 saturated heterocycles. The van der Waals surface area contributed by atoms with Gasteiger partial charge in [0.1, 0.15) is 17.9 Å². The summed E-state index contributed by atoms with van der Waals surface area (Å²) in [5.41, 5.74) is 0. The van der Waals surface area contributed by atoms with Crippen molar-refractivity contribution in [3.8, 4) is 0 Å². The molecule has 2 fully saturated rings. The number of hydrogen-bond donors (Lipinski definition) is 0. The van der Waals surface area contributed by atoms with Crippen LogP contribution in [0.5, 0.6) is 0 Å². The van der Waals surface area contributed by atoms with Gasteiger partial charge in [-0.1, -0.05) is 60.6 Å². The van der Waals surface area contributed by atoms with E-state index in [0.717, 1.165) is 29.3 Å². The molecule has 130 valence electrons. The van der Waals surface area contributed by atoms with Gasteiger partial charge in [-0.15, -0.1) is 0 Å². The van der Waals surface area contributed by atoms with E-state index in [1.807, 2.05) is 0 Å². The fourth-order valence-electron chi connectivity index (χ4n) is 5.43. The Labute approximate surface area is 143 Å². The first-order valence-electron chi connectivity index (χ1n) is 9.89. The molecule has 2 heterocycles. The van der Waals surface area contributed by atoms with Crippen LogP contribution in [0.2, 0.25) is 18.3 Å². The van der Waals surface area contributed by atoms with Crippen molar-refractivity contribution >= 4 is 17.9 Å². The molecule has 6 atom stereocenters. The van der Waals surface area contributed by atoms with Crippen molar-refractivity contribution < 1.29 is 0 Å². The Morgan fingerprint density at radius 2 is 0.955 bits per heavy atom. The van der Waals surface area contributed by atoms with Crippen LogP contribution in [0.1, 0.15) is 73.1 Å². The molecule has 0 amide bonds. The maximum atomic E-state index is 3.00. The maximum Gasteiger partial charge on any atom is 0.110 e. The minimum absolute atomic E-state index is 0.823. The van der Waals surface area contributed by atoms with Crippen molar-refractivity contribution in [2.24, 2.45) is 0 Å². The van der Waals surface area contributed by atoms with Crippen LogP contribution in [0.25, 0.3) is 0 Å². The molecule has 0 saturated carbocycles. The summed E-state index contributed by atoms with van der Waals surface area (Å²) in [4.78, 5) is 0. The fraction of sp³-hybridized carbons (Fsp3) is 1.00. The predicted molar refractivity (Wildman–Crippen MR) is 105 cm³/mol. The lowest BCUT2D eigenvalue weighted by Crippen LogP contribution is -2.59. The summed E-state index contributed by atoms with van der Waals surface area (Å²) < 4.78 is 5.99. The molecule has 2 rings (SSSR count). The minimum Gasteiger partial charge on any atom is -0.321 e. The smallest absolute Gasteiger partial charge is 0.110 e. The van der Waals surface area contributed by atoms with E-state index in [4.69, 9.17) is 0 Å². The highest BCUT2D eigenvalue weighted by Gasteiger charge is 2.39. The topological polar surface area (TPSA) is 6.48 Å². The maximum absolute atomic E-state index is 3.00. The monoisotopic (exact) mass is 340 g/mol. The van der Waals surface area contributed by atoms with Gasteiger partial charge in [0.2, 0.25) is 0 Å². The molecule has 2 nitrogen and oxygen atoms in total. The summed E-state index contributed by atoms with van der Waals surface area (Å²) in [5.74, 6) is 0. The summed E-state index contributed by atoms with van der Waals surface area (Å²) in [6.07, 6.45) is 8.62. The lowest BCUT2D eigenvalue weighted by Gasteiger charge is -2.49. The van der Waals surface area contributed by atoms with E-state index in [1.165, 1.54) is 38.5 Å². The third-order valence-electron chi connectivity index (χ3n) is 6.99. The number of hydrogen-bond acceptors (Lipinski definition) is 2. The standard InChI is InChI=1S/C18H40N2Si2/c1-14-10-8-11-15(2)19(14)21(6)18(5)22(7)20-16(3)12-9-13-17(20)4/h14-18,21-22H,8-13H2,1-7H3. The second-order valence-corrected chi connectivity index (χ2v) is 15.5. The third kappa shape index (κ3) is 3.88. The van der Waals surface area contributed by atoms with E-state index in [9.17, 15) is 0 Å². The van der Waals surface area contributed by atoms with Gasteiger partial charge in [-0.2, -0.15) is 0 Å². The third-order valence-corrected chi connectivity index (χ3v) is 17.3. The van der Waals surface area contributed by atoms with Gasteiger partial charge in [0.15, 0.2) is 0 Å². The fourth-order valence-corrected chi connectivity index (χ4v) is 14.7. The highest BCUT2D eigenvalue weighted by atomic mass is 28.3. The van der Waals surface area contributed by atoms with Crippen molar-refractivity contribution in [3.05, 3.63) is 0 Å². The molecule has 0 N–H and O–H groups in total. The number of rotatable bonds is 4. The molecule has 0 aromatic carbocycles. The average molecular weight is 341 g/mol. The van der Waals surface area contributed by atoms with Crippen LogP contribution in [0.15, 0.2) is 0 Å². The van der Waals surface area contributed by atoms with Crippen molar-refractivity contribution in [1.29, 1.82) is 0 Å². The number of piperidine rings is 2. The first-order valence-corrected chi connectivity index (χ1v) is 14.6. The largest absolute Gasteiger partial charge is 0.321 e. The molecule has 0 aliphatic carbocycles. The van der Waals surface area contributed by atoms with Gasteiger partial charge in [-0.25, -0.2) is 0 Å². The second-order valence-electron chi connectivity index (χ2n) is 8.49. The van der Waals surface area contributed by atoms with E-state index < -0.39 is 17.9 Å². The second kappa shape index (κ2) is 7.95. The van der Waals surface area contributed by atoms with E-state index in [-0.39, 0.29) is 0 Å². The molecule has 4 heteroatoms. The van der Waals surface area contributed by atoms with Crippen LogP contribution in [0.3, 0.4) is 0 Å². The lowest BCUT2D eigenvalue weighted by atomic mass is 10.0. The molecule has 0 radical (unpaired) electrons.